The number of hydrogen-bond acceptors (Lipinski definition) is 4. The monoisotopic (exact) mass is 361 g/mol. The van der Waals surface area contributed by atoms with Gasteiger partial charge in [-0.3, -0.25) is 14.8 Å². The van der Waals surface area contributed by atoms with E-state index in [1.165, 1.54) is 6.07 Å². The van der Waals surface area contributed by atoms with Gasteiger partial charge in [0.25, 0.3) is 0 Å². The van der Waals surface area contributed by atoms with Crippen LogP contribution in [0.3, 0.4) is 0 Å². The number of nitrogens with zero attached hydrogens (tertiary/aromatic N) is 2. The molecule has 0 bridgehead atoms. The molecular weight excluding hydrogens is 347 g/mol. The summed E-state index contributed by atoms with van der Waals surface area (Å²) in [7, 11) is 0. The van der Waals surface area contributed by atoms with Crippen LogP contribution in [0.25, 0.3) is 10.9 Å². The Balaban J connectivity index is 1.74. The highest BCUT2D eigenvalue weighted by Gasteiger charge is 2.32. The number of carbonyl (C=O) groups excluding carboxylic acids is 1. The highest BCUT2D eigenvalue weighted by atomic mass is 19.4. The summed E-state index contributed by atoms with van der Waals surface area (Å²) in [4.78, 5) is 18.5. The first-order valence-corrected chi connectivity index (χ1v) is 7.63. The Hall–Kier alpha value is -3.16. The molecule has 2 aromatic heterocycles. The van der Waals surface area contributed by atoms with Gasteiger partial charge < -0.3 is 10.5 Å². The number of carbonyl (C=O) groups is 1. The minimum atomic E-state index is -4.49. The number of alkyl halides is 3. The summed E-state index contributed by atoms with van der Waals surface area (Å²) < 4.78 is 43.6. The van der Waals surface area contributed by atoms with E-state index in [0.29, 0.717) is 22.4 Å². The van der Waals surface area contributed by atoms with E-state index in [9.17, 15) is 18.0 Å². The van der Waals surface area contributed by atoms with E-state index in [0.717, 1.165) is 17.6 Å². The summed E-state index contributed by atoms with van der Waals surface area (Å²) in [6.45, 7) is -0.0309. The number of aromatic nitrogens is 2. The number of amides is 1. The van der Waals surface area contributed by atoms with E-state index in [4.69, 9.17) is 10.5 Å². The van der Waals surface area contributed by atoms with Crippen molar-refractivity contribution in [1.29, 1.82) is 0 Å². The summed E-state index contributed by atoms with van der Waals surface area (Å²) >= 11 is 0. The Bertz CT molecular complexity index is 958. The number of pyridine rings is 2. The van der Waals surface area contributed by atoms with Gasteiger partial charge in [-0.15, -0.1) is 0 Å². The van der Waals surface area contributed by atoms with Crippen LogP contribution in [0, 0.1) is 0 Å². The minimum Gasteiger partial charge on any atom is -0.489 e. The van der Waals surface area contributed by atoms with Gasteiger partial charge in [0.1, 0.15) is 18.1 Å². The molecule has 5 nitrogen and oxygen atoms in total. The molecule has 0 fully saturated rings. The predicted molar refractivity (Wildman–Crippen MR) is 88.2 cm³/mol. The fraction of sp³-hybridized carbons (Fsp3) is 0.167. The van der Waals surface area contributed by atoms with Crippen molar-refractivity contribution in [3.05, 3.63) is 65.6 Å². The standard InChI is InChI=1S/C18H14F3N3O2/c19-18(20,21)16-6-11(3-4-23-16)10-26-14-2-1-13-5-12(7-17(22)25)9-24-15(13)8-14/h1-6,8-9H,7,10H2,(H2,22,25). The quantitative estimate of drug-likeness (QED) is 0.757. The number of rotatable bonds is 5. The summed E-state index contributed by atoms with van der Waals surface area (Å²) in [5, 5.41) is 0.805. The number of hydrogen-bond donors (Lipinski definition) is 1. The molecule has 0 unspecified atom stereocenters. The van der Waals surface area contributed by atoms with Gasteiger partial charge >= 0.3 is 6.18 Å². The molecule has 3 aromatic rings. The number of fused-ring (bicyclic) bond motifs is 1. The maximum absolute atomic E-state index is 12.7. The molecule has 3 rings (SSSR count). The van der Waals surface area contributed by atoms with E-state index >= 15 is 0 Å². The van der Waals surface area contributed by atoms with Crippen LogP contribution < -0.4 is 10.5 Å². The Kier molecular flexibility index (Phi) is 4.75. The van der Waals surface area contributed by atoms with Crippen LogP contribution in [0.4, 0.5) is 13.2 Å². The summed E-state index contributed by atoms with van der Waals surface area (Å²) in [6.07, 6.45) is -1.74. The van der Waals surface area contributed by atoms with Crippen molar-refractivity contribution in [2.24, 2.45) is 5.73 Å². The number of benzene rings is 1. The number of nitrogens with two attached hydrogens (primary N) is 1. The van der Waals surface area contributed by atoms with Gasteiger partial charge in [0.05, 0.1) is 11.9 Å². The number of ether oxygens (including phenoxy) is 1. The first-order valence-electron chi connectivity index (χ1n) is 7.63. The molecule has 26 heavy (non-hydrogen) atoms. The molecule has 0 spiro atoms. The lowest BCUT2D eigenvalue weighted by Gasteiger charge is -2.10. The van der Waals surface area contributed by atoms with Crippen molar-refractivity contribution in [3.63, 3.8) is 0 Å². The van der Waals surface area contributed by atoms with Crippen LogP contribution in [-0.2, 0) is 24.0 Å². The van der Waals surface area contributed by atoms with Crippen LogP contribution in [-0.4, -0.2) is 15.9 Å². The van der Waals surface area contributed by atoms with E-state index in [1.807, 2.05) is 0 Å². The van der Waals surface area contributed by atoms with Crippen molar-refractivity contribution >= 4 is 16.8 Å². The van der Waals surface area contributed by atoms with Crippen LogP contribution in [0.15, 0.2) is 48.8 Å². The van der Waals surface area contributed by atoms with Gasteiger partial charge in [0, 0.05) is 23.8 Å². The van der Waals surface area contributed by atoms with Crippen molar-refractivity contribution in [1.82, 2.24) is 9.97 Å². The second-order valence-corrected chi connectivity index (χ2v) is 5.68. The first-order chi connectivity index (χ1) is 12.3. The normalized spacial score (nSPS) is 11.5. The van der Waals surface area contributed by atoms with Gasteiger partial charge in [0.2, 0.25) is 5.91 Å². The third-order valence-corrected chi connectivity index (χ3v) is 3.61. The summed E-state index contributed by atoms with van der Waals surface area (Å²) in [5.74, 6) is 0.0275. The van der Waals surface area contributed by atoms with Crippen molar-refractivity contribution in [3.8, 4) is 5.75 Å². The molecular formula is C18H14F3N3O2. The van der Waals surface area contributed by atoms with Crippen molar-refractivity contribution in [2.45, 2.75) is 19.2 Å². The minimum absolute atomic E-state index is 0.0309. The molecule has 0 saturated carbocycles. The lowest BCUT2D eigenvalue weighted by Crippen LogP contribution is -2.13. The zero-order valence-corrected chi connectivity index (χ0v) is 13.5. The van der Waals surface area contributed by atoms with E-state index in [-0.39, 0.29) is 13.0 Å². The second-order valence-electron chi connectivity index (χ2n) is 5.68. The lowest BCUT2D eigenvalue weighted by atomic mass is 10.1. The molecule has 0 aliphatic rings. The highest BCUT2D eigenvalue weighted by molar-refractivity contribution is 5.82. The molecule has 134 valence electrons. The van der Waals surface area contributed by atoms with Gasteiger partial charge in [-0.05, 0) is 41.5 Å². The SMILES string of the molecule is NC(=O)Cc1cnc2cc(OCc3ccnc(C(F)(F)F)c3)ccc2c1. The van der Waals surface area contributed by atoms with Gasteiger partial charge in [-0.1, -0.05) is 0 Å². The molecule has 1 aromatic carbocycles. The van der Waals surface area contributed by atoms with Gasteiger partial charge in [-0.25, -0.2) is 0 Å². The smallest absolute Gasteiger partial charge is 0.433 e. The maximum atomic E-state index is 12.7. The van der Waals surface area contributed by atoms with Crippen molar-refractivity contribution in [2.75, 3.05) is 0 Å². The van der Waals surface area contributed by atoms with E-state index in [2.05, 4.69) is 9.97 Å². The Morgan fingerprint density at radius 3 is 2.62 bits per heavy atom. The predicted octanol–water partition coefficient (Wildman–Crippen LogP) is 3.26. The van der Waals surface area contributed by atoms with Crippen LogP contribution in [0.1, 0.15) is 16.8 Å². The fourth-order valence-electron chi connectivity index (χ4n) is 2.42. The zero-order valence-electron chi connectivity index (χ0n) is 13.5. The third kappa shape index (κ3) is 4.27. The van der Waals surface area contributed by atoms with Crippen molar-refractivity contribution < 1.29 is 22.7 Å². The third-order valence-electron chi connectivity index (χ3n) is 3.61. The highest BCUT2D eigenvalue weighted by Crippen LogP contribution is 2.28. The molecule has 1 amide bonds. The molecule has 0 radical (unpaired) electrons. The Morgan fingerprint density at radius 1 is 1.08 bits per heavy atom. The summed E-state index contributed by atoms with van der Waals surface area (Å²) in [5.41, 5.74) is 5.91. The fourth-order valence-corrected chi connectivity index (χ4v) is 2.42. The van der Waals surface area contributed by atoms with E-state index in [1.54, 1.807) is 30.5 Å². The molecule has 0 aliphatic carbocycles. The van der Waals surface area contributed by atoms with Gasteiger partial charge in [-0.2, -0.15) is 13.2 Å². The van der Waals surface area contributed by atoms with E-state index < -0.39 is 17.8 Å². The van der Waals surface area contributed by atoms with Crippen LogP contribution in [0.2, 0.25) is 0 Å². The topological polar surface area (TPSA) is 78.1 Å². The average Bonchev–Trinajstić information content (AvgIpc) is 2.59. The zero-order chi connectivity index (χ0) is 18.7. The molecule has 8 heteroatoms. The molecule has 0 saturated heterocycles. The molecule has 0 atom stereocenters. The largest absolute Gasteiger partial charge is 0.489 e. The summed E-state index contributed by atoms with van der Waals surface area (Å²) in [6, 6.07) is 9.34. The Labute approximate surface area is 146 Å². The Morgan fingerprint density at radius 2 is 1.88 bits per heavy atom. The lowest BCUT2D eigenvalue weighted by molar-refractivity contribution is -0.141. The van der Waals surface area contributed by atoms with Crippen LogP contribution >= 0.6 is 0 Å². The average molecular weight is 361 g/mol. The van der Waals surface area contributed by atoms with Gasteiger partial charge in [0.15, 0.2) is 0 Å². The molecule has 2 heterocycles. The van der Waals surface area contributed by atoms with Crippen LogP contribution in [0.5, 0.6) is 5.75 Å². The number of halogens is 3. The molecule has 2 N–H and O–H groups in total. The second kappa shape index (κ2) is 6.99. The number of primary amides is 1. The molecule has 0 aliphatic heterocycles. The maximum Gasteiger partial charge on any atom is 0.433 e. The first kappa shape index (κ1) is 17.7.